The van der Waals surface area contributed by atoms with E-state index in [1.165, 1.54) is 0 Å². The van der Waals surface area contributed by atoms with Gasteiger partial charge in [0.1, 0.15) is 5.75 Å². The number of hydrogen-bond acceptors (Lipinski definition) is 2. The predicted octanol–water partition coefficient (Wildman–Crippen LogP) is 4.15. The highest BCUT2D eigenvalue weighted by Crippen LogP contribution is 2.15. The zero-order chi connectivity index (χ0) is 10.1. The number of phenolic OH excluding ortho intramolecular Hbond substituents is 1. The van der Waals surface area contributed by atoms with Crippen LogP contribution in [0, 0.1) is 0 Å². The highest BCUT2D eigenvalue weighted by Gasteiger charge is 1.93. The zero-order valence-corrected chi connectivity index (χ0v) is 9.24. The Morgan fingerprint density at radius 1 is 1.38 bits per heavy atom. The summed E-state index contributed by atoms with van der Waals surface area (Å²) in [6.07, 6.45) is 2.50. The lowest BCUT2D eigenvalue weighted by molar-refractivity contribution is 0.470. The molecule has 72 valence electrons. The van der Waals surface area contributed by atoms with Crippen LogP contribution in [0.5, 0.6) is 5.75 Å². The molecule has 1 rings (SSSR count). The molecule has 1 nitrogen and oxygen atoms in total. The summed E-state index contributed by atoms with van der Waals surface area (Å²) in [5, 5.41) is 9.19. The van der Waals surface area contributed by atoms with E-state index in [4.69, 9.17) is 0 Å². The van der Waals surface area contributed by atoms with Gasteiger partial charge in [-0.25, -0.2) is 0 Å². The lowest BCUT2D eigenvalue weighted by atomic mass is 10.1. The van der Waals surface area contributed by atoms with Crippen molar-refractivity contribution in [3.05, 3.63) is 42.5 Å². The summed E-state index contributed by atoms with van der Waals surface area (Å²) in [5.41, 5.74) is 0.928. The first-order valence-electron chi connectivity index (χ1n) is 3.53. The molecule has 0 amide bonds. The molecule has 0 unspecified atom stereocenters. The number of hydrogen-bond donors (Lipinski definition) is 1. The first-order valence-corrected chi connectivity index (χ1v) is 6.00. The van der Waals surface area contributed by atoms with Crippen LogP contribution in [0.2, 0.25) is 0 Å². The number of benzene rings is 1. The van der Waals surface area contributed by atoms with Gasteiger partial charge in [-0.1, -0.05) is 24.3 Å². The van der Waals surface area contributed by atoms with Gasteiger partial charge in [-0.15, -0.1) is 6.58 Å². The zero-order valence-electron chi connectivity index (χ0n) is 6.91. The van der Waals surface area contributed by atoms with Gasteiger partial charge in [0.25, 0.3) is 0 Å². The van der Waals surface area contributed by atoms with Gasteiger partial charge in [-0.3, -0.25) is 0 Å². The number of rotatable bonds is 2. The Balaban J connectivity index is 0.000000424. The van der Waals surface area contributed by atoms with Crippen LogP contribution in [-0.4, -0.2) is 5.11 Å². The van der Waals surface area contributed by atoms with Crippen LogP contribution in [0.3, 0.4) is 0 Å². The van der Waals surface area contributed by atoms with Crippen molar-refractivity contribution in [3.8, 4) is 5.75 Å². The predicted molar refractivity (Wildman–Crippen MR) is 61.3 cm³/mol. The Kier molecular flexibility index (Phi) is 8.10. The molecule has 0 aliphatic heterocycles. The second-order valence-corrected chi connectivity index (χ2v) is 3.70. The van der Waals surface area contributed by atoms with E-state index in [1.807, 2.05) is 18.2 Å². The van der Waals surface area contributed by atoms with Gasteiger partial charge in [0.2, 0.25) is 0 Å². The topological polar surface area (TPSA) is 20.2 Å². The summed E-state index contributed by atoms with van der Waals surface area (Å²) in [4.78, 5) is 0. The highest BCUT2D eigenvalue weighted by molar-refractivity contribution is 8.38. The van der Waals surface area contributed by atoms with E-state index in [0.717, 1.165) is 12.0 Å². The van der Waals surface area contributed by atoms with Gasteiger partial charge in [0.15, 0.2) is 0 Å². The molecule has 0 bridgehead atoms. The molecular weight excluding hydrogens is 227 g/mol. The van der Waals surface area contributed by atoms with E-state index in [2.05, 4.69) is 27.9 Å². The molecule has 0 fully saturated rings. The van der Waals surface area contributed by atoms with Crippen LogP contribution in [0.15, 0.2) is 36.9 Å². The molecule has 13 heavy (non-hydrogen) atoms. The van der Waals surface area contributed by atoms with Gasteiger partial charge < -0.3 is 5.11 Å². The summed E-state index contributed by atoms with van der Waals surface area (Å²) in [5.74, 6) is 0.349. The van der Waals surface area contributed by atoms with E-state index >= 15 is 0 Å². The molecule has 0 saturated carbocycles. The van der Waals surface area contributed by atoms with Gasteiger partial charge in [0, 0.05) is 0 Å². The molecule has 0 atom stereocenters. The molecule has 0 aliphatic carbocycles. The first kappa shape index (κ1) is 12.7. The van der Waals surface area contributed by atoms with E-state index in [0.29, 0.717) is 15.9 Å². The molecular formula is C9H10Cl2OS. The van der Waals surface area contributed by atoms with Crippen molar-refractivity contribution in [1.29, 1.82) is 0 Å². The summed E-state index contributed by atoms with van der Waals surface area (Å²) in [7, 11) is 10.1. The van der Waals surface area contributed by atoms with Crippen molar-refractivity contribution in [2.45, 2.75) is 6.42 Å². The Morgan fingerprint density at radius 2 is 1.92 bits per heavy atom. The van der Waals surface area contributed by atoms with Crippen LogP contribution in [0.1, 0.15) is 5.56 Å². The molecule has 0 saturated heterocycles. The minimum atomic E-state index is 0.349. The molecule has 0 heterocycles. The molecule has 0 aliphatic rings. The normalized spacial score (nSPS) is 8.46. The largest absolute Gasteiger partial charge is 0.508 e. The van der Waals surface area contributed by atoms with E-state index in [-0.39, 0.29) is 0 Å². The molecule has 0 aromatic heterocycles. The molecule has 1 aromatic rings. The fourth-order valence-corrected chi connectivity index (χ4v) is 0.839. The standard InChI is InChI=1S/C9H10O.Cl2S/c1-2-5-8-6-3-4-7-9(8)10;1-3-2/h2-4,6-7,10H,1,5H2;. The summed E-state index contributed by atoms with van der Waals surface area (Å²) in [6, 6.07) is 7.27. The molecule has 4 heteroatoms. The third kappa shape index (κ3) is 5.86. The Labute approximate surface area is 91.4 Å². The molecule has 1 N–H and O–H groups in total. The molecule has 1 aromatic carbocycles. The van der Waals surface area contributed by atoms with E-state index in [1.54, 1.807) is 12.1 Å². The van der Waals surface area contributed by atoms with Crippen LogP contribution >= 0.6 is 31.6 Å². The summed E-state index contributed by atoms with van der Waals surface area (Å²) in [6.45, 7) is 3.59. The van der Waals surface area contributed by atoms with Gasteiger partial charge in [0.05, 0.1) is 10.2 Å². The maximum Gasteiger partial charge on any atom is 0.119 e. The van der Waals surface area contributed by atoms with Crippen LogP contribution in [0.4, 0.5) is 0 Å². The van der Waals surface area contributed by atoms with Crippen molar-refractivity contribution in [1.82, 2.24) is 0 Å². The monoisotopic (exact) mass is 236 g/mol. The van der Waals surface area contributed by atoms with Crippen molar-refractivity contribution >= 4 is 31.6 Å². The average Bonchev–Trinajstić information content (AvgIpc) is 2.11. The third-order valence-corrected chi connectivity index (χ3v) is 1.36. The van der Waals surface area contributed by atoms with E-state index < -0.39 is 0 Å². The maximum atomic E-state index is 9.19. The van der Waals surface area contributed by atoms with Crippen LogP contribution in [0.25, 0.3) is 0 Å². The highest BCUT2D eigenvalue weighted by atomic mass is 36.0. The number of halogens is 2. The van der Waals surface area contributed by atoms with Crippen molar-refractivity contribution < 1.29 is 5.11 Å². The molecule has 0 spiro atoms. The van der Waals surface area contributed by atoms with Gasteiger partial charge >= 0.3 is 0 Å². The minimum Gasteiger partial charge on any atom is -0.508 e. The Bertz CT molecular complexity index is 253. The summed E-state index contributed by atoms with van der Waals surface area (Å²) < 4.78 is 0. The minimum absolute atomic E-state index is 0.349. The second kappa shape index (κ2) is 8.30. The molecule has 0 radical (unpaired) electrons. The number of para-hydroxylation sites is 1. The maximum absolute atomic E-state index is 9.19. The average molecular weight is 237 g/mol. The number of phenols is 1. The smallest absolute Gasteiger partial charge is 0.119 e. The quantitative estimate of drug-likeness (QED) is 0.779. The van der Waals surface area contributed by atoms with Crippen molar-refractivity contribution in [3.63, 3.8) is 0 Å². The summed E-state index contributed by atoms with van der Waals surface area (Å²) >= 11 is 0. The van der Waals surface area contributed by atoms with Gasteiger partial charge in [-0.05, 0) is 39.4 Å². The number of allylic oxidation sites excluding steroid dienone is 1. The van der Waals surface area contributed by atoms with Crippen LogP contribution < -0.4 is 0 Å². The SMILES string of the molecule is C=CCc1ccccc1O.ClSCl. The Hall–Kier alpha value is -0.310. The lowest BCUT2D eigenvalue weighted by Crippen LogP contribution is -1.79. The lowest BCUT2D eigenvalue weighted by Gasteiger charge is -1.97. The van der Waals surface area contributed by atoms with Crippen molar-refractivity contribution in [2.75, 3.05) is 0 Å². The third-order valence-electron chi connectivity index (χ3n) is 1.36. The fraction of sp³-hybridized carbons (Fsp3) is 0.111. The van der Waals surface area contributed by atoms with E-state index in [9.17, 15) is 5.11 Å². The fourth-order valence-electron chi connectivity index (χ4n) is 0.839. The van der Waals surface area contributed by atoms with Gasteiger partial charge in [-0.2, -0.15) is 0 Å². The Morgan fingerprint density at radius 3 is 2.38 bits per heavy atom. The van der Waals surface area contributed by atoms with Crippen molar-refractivity contribution in [2.24, 2.45) is 0 Å². The number of aromatic hydroxyl groups is 1. The second-order valence-electron chi connectivity index (χ2n) is 2.18. The first-order chi connectivity index (χ1) is 6.26. The van der Waals surface area contributed by atoms with Crippen LogP contribution in [-0.2, 0) is 6.42 Å².